The van der Waals surface area contributed by atoms with Crippen molar-refractivity contribution in [3.63, 3.8) is 0 Å². The van der Waals surface area contributed by atoms with Crippen molar-refractivity contribution < 1.29 is 4.79 Å². The summed E-state index contributed by atoms with van der Waals surface area (Å²) in [5.41, 5.74) is 1.45. The Morgan fingerprint density at radius 1 is 1.32 bits per heavy atom. The molecular weight excluding hydrogens is 336 g/mol. The number of nitrogens with zero attached hydrogens (tertiary/aromatic N) is 1. The summed E-state index contributed by atoms with van der Waals surface area (Å²) in [6.07, 6.45) is 1.96. The maximum atomic E-state index is 12.3. The highest BCUT2D eigenvalue weighted by Crippen LogP contribution is 2.24. The summed E-state index contributed by atoms with van der Waals surface area (Å²) in [6, 6.07) is 13.4. The number of fused-ring (bicyclic) bond motifs is 1. The summed E-state index contributed by atoms with van der Waals surface area (Å²) in [5.74, 6) is -0.180. The molecule has 0 radical (unpaired) electrons. The second-order valence-corrected chi connectivity index (χ2v) is 7.01. The molecule has 0 aliphatic heterocycles. The highest BCUT2D eigenvalue weighted by molar-refractivity contribution is 7.98. The molecule has 0 spiro atoms. The number of carbonyl (C=O) groups excluding carboxylic acids is 1. The Kier molecular flexibility index (Phi) is 4.66. The minimum atomic E-state index is -0.180. The number of aromatic nitrogens is 1. The minimum Gasteiger partial charge on any atom is -0.345 e. The summed E-state index contributed by atoms with van der Waals surface area (Å²) in [4.78, 5) is 17.8. The van der Waals surface area contributed by atoms with Gasteiger partial charge >= 0.3 is 0 Å². The molecule has 3 aromatic rings. The van der Waals surface area contributed by atoms with Crippen LogP contribution in [0.3, 0.4) is 0 Å². The van der Waals surface area contributed by atoms with Crippen molar-refractivity contribution in [2.75, 3.05) is 6.26 Å². The van der Waals surface area contributed by atoms with Crippen LogP contribution >= 0.6 is 34.7 Å². The fourth-order valence-electron chi connectivity index (χ4n) is 2.05. The Balaban J connectivity index is 1.74. The second kappa shape index (κ2) is 6.69. The van der Waals surface area contributed by atoms with E-state index in [1.165, 1.54) is 0 Å². The number of thioether (sulfide) groups is 1. The number of halogens is 1. The van der Waals surface area contributed by atoms with Crippen LogP contribution < -0.4 is 5.32 Å². The van der Waals surface area contributed by atoms with Crippen molar-refractivity contribution in [2.24, 2.45) is 0 Å². The summed E-state index contributed by atoms with van der Waals surface area (Å²) >= 11 is 9.27. The quantitative estimate of drug-likeness (QED) is 0.700. The van der Waals surface area contributed by atoms with Gasteiger partial charge in [-0.1, -0.05) is 23.7 Å². The van der Waals surface area contributed by atoms with Crippen molar-refractivity contribution in [3.05, 3.63) is 58.1 Å². The largest absolute Gasteiger partial charge is 0.345 e. The van der Waals surface area contributed by atoms with Crippen LogP contribution in [0.15, 0.2) is 47.4 Å². The van der Waals surface area contributed by atoms with Crippen molar-refractivity contribution in [2.45, 2.75) is 11.4 Å². The van der Waals surface area contributed by atoms with E-state index in [9.17, 15) is 4.79 Å². The van der Waals surface area contributed by atoms with Gasteiger partial charge in [0.1, 0.15) is 5.01 Å². The number of carbonyl (C=O) groups is 1. The van der Waals surface area contributed by atoms with Gasteiger partial charge in [-0.3, -0.25) is 4.79 Å². The fraction of sp³-hybridized carbons (Fsp3) is 0.125. The Labute approximate surface area is 141 Å². The lowest BCUT2D eigenvalue weighted by Crippen LogP contribution is -2.23. The normalized spacial score (nSPS) is 10.8. The van der Waals surface area contributed by atoms with Crippen LogP contribution in [0, 0.1) is 0 Å². The Hall–Kier alpha value is -1.56. The lowest BCUT2D eigenvalue weighted by atomic mass is 10.2. The number of rotatable bonds is 4. The molecular formula is C16H13ClN2OS2. The zero-order valence-electron chi connectivity index (χ0n) is 11.8. The average Bonchev–Trinajstić information content (AvgIpc) is 2.96. The number of hydrogen-bond acceptors (Lipinski definition) is 4. The molecule has 2 aromatic carbocycles. The first-order valence-corrected chi connectivity index (χ1v) is 9.05. The third-order valence-electron chi connectivity index (χ3n) is 3.16. The Morgan fingerprint density at radius 2 is 2.14 bits per heavy atom. The molecule has 3 nitrogen and oxygen atoms in total. The number of amides is 1. The standard InChI is InChI=1S/C16H13ClN2OS2/c1-21-10-6-7-12(17)11(8-10)16(20)18-9-15-19-13-4-2-3-5-14(13)22-15/h2-8H,9H2,1H3,(H,18,20). The molecule has 3 rings (SSSR count). The molecule has 22 heavy (non-hydrogen) atoms. The molecule has 0 saturated carbocycles. The molecule has 0 atom stereocenters. The third-order valence-corrected chi connectivity index (χ3v) is 5.25. The van der Waals surface area contributed by atoms with Gasteiger partial charge in [-0.05, 0) is 36.6 Å². The molecule has 1 aromatic heterocycles. The third kappa shape index (κ3) is 3.27. The van der Waals surface area contributed by atoms with Gasteiger partial charge in [0.05, 0.1) is 27.3 Å². The van der Waals surface area contributed by atoms with E-state index in [1.54, 1.807) is 35.2 Å². The van der Waals surface area contributed by atoms with Crippen LogP contribution in [0.2, 0.25) is 5.02 Å². The van der Waals surface area contributed by atoms with Gasteiger partial charge in [0.15, 0.2) is 0 Å². The van der Waals surface area contributed by atoms with Crippen LogP contribution in [0.5, 0.6) is 0 Å². The monoisotopic (exact) mass is 348 g/mol. The maximum absolute atomic E-state index is 12.3. The maximum Gasteiger partial charge on any atom is 0.253 e. The zero-order valence-corrected chi connectivity index (χ0v) is 14.2. The van der Waals surface area contributed by atoms with Gasteiger partial charge < -0.3 is 5.32 Å². The summed E-state index contributed by atoms with van der Waals surface area (Å²) in [7, 11) is 0. The van der Waals surface area contributed by atoms with Gasteiger partial charge in [0.2, 0.25) is 0 Å². The van der Waals surface area contributed by atoms with Crippen molar-refractivity contribution in [3.8, 4) is 0 Å². The van der Waals surface area contributed by atoms with Crippen LogP contribution in [0.4, 0.5) is 0 Å². The first-order chi connectivity index (χ1) is 10.7. The van der Waals surface area contributed by atoms with E-state index in [4.69, 9.17) is 11.6 Å². The highest BCUT2D eigenvalue weighted by atomic mass is 35.5. The van der Waals surface area contributed by atoms with E-state index in [2.05, 4.69) is 10.3 Å². The van der Waals surface area contributed by atoms with Crippen LogP contribution in [0.1, 0.15) is 15.4 Å². The van der Waals surface area contributed by atoms with Crippen LogP contribution in [-0.2, 0) is 6.54 Å². The van der Waals surface area contributed by atoms with Gasteiger partial charge in [-0.25, -0.2) is 4.98 Å². The molecule has 6 heteroatoms. The smallest absolute Gasteiger partial charge is 0.253 e. The second-order valence-electron chi connectivity index (χ2n) is 4.60. The van der Waals surface area contributed by atoms with Crippen molar-refractivity contribution >= 4 is 50.8 Å². The summed E-state index contributed by atoms with van der Waals surface area (Å²) < 4.78 is 1.12. The summed E-state index contributed by atoms with van der Waals surface area (Å²) in [6.45, 7) is 0.401. The molecule has 112 valence electrons. The molecule has 0 unspecified atom stereocenters. The molecule has 0 bridgehead atoms. The zero-order chi connectivity index (χ0) is 15.5. The van der Waals surface area contributed by atoms with Crippen molar-refractivity contribution in [1.29, 1.82) is 0 Å². The average molecular weight is 349 g/mol. The SMILES string of the molecule is CSc1ccc(Cl)c(C(=O)NCc2nc3ccccc3s2)c1. The van der Waals surface area contributed by atoms with E-state index in [0.717, 1.165) is 20.1 Å². The number of nitrogens with one attached hydrogen (secondary N) is 1. The van der Waals surface area contributed by atoms with E-state index in [0.29, 0.717) is 17.1 Å². The fourth-order valence-corrected chi connectivity index (χ4v) is 3.60. The minimum absolute atomic E-state index is 0.180. The van der Waals surface area contributed by atoms with E-state index >= 15 is 0 Å². The van der Waals surface area contributed by atoms with E-state index in [-0.39, 0.29) is 5.91 Å². The predicted molar refractivity (Wildman–Crippen MR) is 94.0 cm³/mol. The lowest BCUT2D eigenvalue weighted by Gasteiger charge is -2.06. The van der Waals surface area contributed by atoms with Gasteiger partial charge in [-0.2, -0.15) is 0 Å². The predicted octanol–water partition coefficient (Wildman–Crippen LogP) is 4.60. The Bertz CT molecular complexity index is 799. The van der Waals surface area contributed by atoms with Gasteiger partial charge in [0, 0.05) is 4.90 Å². The number of hydrogen-bond donors (Lipinski definition) is 1. The molecule has 1 amide bonds. The molecule has 1 heterocycles. The number of para-hydroxylation sites is 1. The first-order valence-electron chi connectivity index (χ1n) is 6.63. The van der Waals surface area contributed by atoms with Crippen LogP contribution in [-0.4, -0.2) is 17.1 Å². The number of thiazole rings is 1. The summed E-state index contributed by atoms with van der Waals surface area (Å²) in [5, 5.41) is 4.22. The Morgan fingerprint density at radius 3 is 2.91 bits per heavy atom. The molecule has 0 aliphatic rings. The van der Waals surface area contributed by atoms with E-state index < -0.39 is 0 Å². The highest BCUT2D eigenvalue weighted by Gasteiger charge is 2.12. The molecule has 1 N–H and O–H groups in total. The topological polar surface area (TPSA) is 42.0 Å². The van der Waals surface area contributed by atoms with E-state index in [1.807, 2.05) is 36.6 Å². The van der Waals surface area contributed by atoms with Crippen molar-refractivity contribution in [1.82, 2.24) is 10.3 Å². The van der Waals surface area contributed by atoms with Gasteiger partial charge in [-0.15, -0.1) is 23.1 Å². The molecule has 0 aliphatic carbocycles. The number of benzene rings is 2. The molecule has 0 fully saturated rings. The first kappa shape index (κ1) is 15.3. The van der Waals surface area contributed by atoms with Crippen LogP contribution in [0.25, 0.3) is 10.2 Å². The van der Waals surface area contributed by atoms with Gasteiger partial charge in [0.25, 0.3) is 5.91 Å². The lowest BCUT2D eigenvalue weighted by molar-refractivity contribution is 0.0951. The molecule has 0 saturated heterocycles.